The molecule has 0 aromatic heterocycles. The van der Waals surface area contributed by atoms with E-state index in [1.807, 2.05) is 30.1 Å². The van der Waals surface area contributed by atoms with Crippen molar-refractivity contribution in [1.29, 1.82) is 5.26 Å². The Kier molecular flexibility index (Phi) is 6.26. The maximum Gasteiger partial charge on any atom is 0.163 e. The molecule has 0 aliphatic rings. The molecule has 0 amide bonds. The third-order valence-corrected chi connectivity index (χ3v) is 3.92. The van der Waals surface area contributed by atoms with E-state index in [1.54, 1.807) is 7.05 Å². The zero-order chi connectivity index (χ0) is 15.1. The van der Waals surface area contributed by atoms with E-state index >= 15 is 0 Å². The first kappa shape index (κ1) is 16.3. The van der Waals surface area contributed by atoms with E-state index in [-0.39, 0.29) is 0 Å². The number of nitriles is 1. The number of anilines is 1. The molecule has 0 N–H and O–H groups in total. The van der Waals surface area contributed by atoms with Crippen molar-refractivity contribution >= 4 is 28.9 Å². The van der Waals surface area contributed by atoms with Crippen LogP contribution in [-0.2, 0) is 4.79 Å². The van der Waals surface area contributed by atoms with Gasteiger partial charge in [0.25, 0.3) is 0 Å². The first-order chi connectivity index (χ1) is 9.54. The van der Waals surface area contributed by atoms with Crippen LogP contribution in [0.3, 0.4) is 0 Å². The Morgan fingerprint density at radius 1 is 1.55 bits per heavy atom. The van der Waals surface area contributed by atoms with Gasteiger partial charge in [0.05, 0.1) is 17.4 Å². The highest BCUT2D eigenvalue weighted by molar-refractivity contribution is 8.14. The van der Waals surface area contributed by atoms with E-state index in [2.05, 4.69) is 24.9 Å². The molecule has 0 saturated heterocycles. The quantitative estimate of drug-likeness (QED) is 0.485. The first-order valence-electron chi connectivity index (χ1n) is 6.36. The monoisotopic (exact) mass is 289 g/mol. The SMILES string of the molecule is CN=C(SCC=O)N(C)c1cc(C#N)ccc1C(C)C. The van der Waals surface area contributed by atoms with Crippen LogP contribution < -0.4 is 4.90 Å². The molecular formula is C15H19N3OS. The van der Waals surface area contributed by atoms with E-state index in [4.69, 9.17) is 5.26 Å². The van der Waals surface area contributed by atoms with Crippen molar-refractivity contribution in [1.82, 2.24) is 0 Å². The zero-order valence-corrected chi connectivity index (χ0v) is 13.1. The van der Waals surface area contributed by atoms with Crippen molar-refractivity contribution in [3.05, 3.63) is 29.3 Å². The van der Waals surface area contributed by atoms with Gasteiger partial charge in [-0.25, -0.2) is 0 Å². The number of nitrogens with zero attached hydrogens (tertiary/aromatic N) is 3. The smallest absolute Gasteiger partial charge is 0.163 e. The predicted octanol–water partition coefficient (Wildman–Crippen LogP) is 3.04. The number of rotatable bonds is 4. The second kappa shape index (κ2) is 7.71. The molecule has 0 atom stereocenters. The van der Waals surface area contributed by atoms with Gasteiger partial charge in [0.2, 0.25) is 0 Å². The third-order valence-electron chi connectivity index (χ3n) is 2.90. The summed E-state index contributed by atoms with van der Waals surface area (Å²) in [6, 6.07) is 7.83. The number of hydrogen-bond acceptors (Lipinski definition) is 4. The average molecular weight is 289 g/mol. The van der Waals surface area contributed by atoms with Gasteiger partial charge in [-0.05, 0) is 23.6 Å². The summed E-state index contributed by atoms with van der Waals surface area (Å²) in [4.78, 5) is 16.7. The van der Waals surface area contributed by atoms with Crippen molar-refractivity contribution in [2.45, 2.75) is 19.8 Å². The van der Waals surface area contributed by atoms with Crippen LogP contribution in [0.4, 0.5) is 5.69 Å². The Labute approximate surface area is 124 Å². The Morgan fingerprint density at radius 3 is 2.75 bits per heavy atom. The summed E-state index contributed by atoms with van der Waals surface area (Å²) < 4.78 is 0. The van der Waals surface area contributed by atoms with E-state index in [0.29, 0.717) is 17.2 Å². The number of hydrogen-bond donors (Lipinski definition) is 0. The van der Waals surface area contributed by atoms with Gasteiger partial charge in [0, 0.05) is 19.8 Å². The molecule has 0 bridgehead atoms. The second-order valence-electron chi connectivity index (χ2n) is 4.58. The summed E-state index contributed by atoms with van der Waals surface area (Å²) in [5, 5.41) is 9.82. The highest BCUT2D eigenvalue weighted by Gasteiger charge is 2.15. The molecule has 20 heavy (non-hydrogen) atoms. The molecule has 1 rings (SSSR count). The summed E-state index contributed by atoms with van der Waals surface area (Å²) >= 11 is 1.38. The molecule has 106 valence electrons. The van der Waals surface area contributed by atoms with Gasteiger partial charge in [-0.15, -0.1) is 0 Å². The van der Waals surface area contributed by atoms with Crippen molar-refractivity contribution in [2.75, 3.05) is 24.7 Å². The first-order valence-corrected chi connectivity index (χ1v) is 7.34. The molecular weight excluding hydrogens is 270 g/mol. The standard InChI is InChI=1S/C15H19N3OS/c1-11(2)13-6-5-12(10-16)9-14(13)18(4)15(17-3)20-8-7-19/h5-7,9,11H,8H2,1-4H3. The zero-order valence-electron chi connectivity index (χ0n) is 12.3. The minimum Gasteiger partial charge on any atom is -0.324 e. The molecule has 0 spiro atoms. The van der Waals surface area contributed by atoms with Gasteiger partial charge >= 0.3 is 0 Å². The van der Waals surface area contributed by atoms with Gasteiger partial charge in [0.1, 0.15) is 6.29 Å². The Hall–Kier alpha value is -1.80. The molecule has 0 unspecified atom stereocenters. The third kappa shape index (κ3) is 3.84. The van der Waals surface area contributed by atoms with Crippen LogP contribution in [0, 0.1) is 11.3 Å². The lowest BCUT2D eigenvalue weighted by atomic mass is 9.99. The van der Waals surface area contributed by atoms with Crippen LogP contribution in [0.25, 0.3) is 0 Å². The van der Waals surface area contributed by atoms with Crippen molar-refractivity contribution in [2.24, 2.45) is 4.99 Å². The molecule has 0 aliphatic heterocycles. The minimum absolute atomic E-state index is 0.342. The molecule has 1 aromatic rings. The van der Waals surface area contributed by atoms with E-state index in [1.165, 1.54) is 11.8 Å². The van der Waals surface area contributed by atoms with Crippen LogP contribution in [0.15, 0.2) is 23.2 Å². The normalized spacial score (nSPS) is 11.3. The minimum atomic E-state index is 0.342. The second-order valence-corrected chi connectivity index (χ2v) is 5.57. The molecule has 1 aromatic carbocycles. The molecule has 0 radical (unpaired) electrons. The molecule has 4 nitrogen and oxygen atoms in total. The van der Waals surface area contributed by atoms with Crippen LogP contribution in [0.2, 0.25) is 0 Å². The van der Waals surface area contributed by atoms with Crippen LogP contribution in [-0.4, -0.2) is 31.3 Å². The number of benzene rings is 1. The van der Waals surface area contributed by atoms with Gasteiger partial charge in [-0.2, -0.15) is 5.26 Å². The summed E-state index contributed by atoms with van der Waals surface area (Å²) in [6.07, 6.45) is 0.860. The van der Waals surface area contributed by atoms with E-state index in [9.17, 15) is 4.79 Å². The lowest BCUT2D eigenvalue weighted by Crippen LogP contribution is -2.25. The fraction of sp³-hybridized carbons (Fsp3) is 0.400. The highest BCUT2D eigenvalue weighted by atomic mass is 32.2. The summed E-state index contributed by atoms with van der Waals surface area (Å²) in [6.45, 7) is 4.22. The van der Waals surface area contributed by atoms with E-state index in [0.717, 1.165) is 22.7 Å². The number of amidine groups is 1. The van der Waals surface area contributed by atoms with Gasteiger partial charge < -0.3 is 9.69 Å². The topological polar surface area (TPSA) is 56.5 Å². The Bertz CT molecular complexity index is 547. The highest BCUT2D eigenvalue weighted by Crippen LogP contribution is 2.29. The Morgan fingerprint density at radius 2 is 2.25 bits per heavy atom. The molecule has 5 heteroatoms. The maximum absolute atomic E-state index is 10.5. The van der Waals surface area contributed by atoms with Crippen LogP contribution >= 0.6 is 11.8 Å². The fourth-order valence-corrected chi connectivity index (χ4v) is 2.55. The Balaban J connectivity index is 3.21. The van der Waals surface area contributed by atoms with Gasteiger partial charge in [0.15, 0.2) is 5.17 Å². The van der Waals surface area contributed by atoms with Crippen molar-refractivity contribution < 1.29 is 4.79 Å². The van der Waals surface area contributed by atoms with Crippen LogP contribution in [0.1, 0.15) is 30.9 Å². The summed E-state index contributed by atoms with van der Waals surface area (Å²) in [7, 11) is 3.61. The average Bonchev–Trinajstić information content (AvgIpc) is 2.46. The maximum atomic E-state index is 10.5. The van der Waals surface area contributed by atoms with E-state index < -0.39 is 0 Å². The largest absolute Gasteiger partial charge is 0.324 e. The number of aliphatic imine (C=N–C) groups is 1. The molecule has 0 heterocycles. The van der Waals surface area contributed by atoms with Gasteiger partial charge in [-0.1, -0.05) is 31.7 Å². The number of aldehydes is 1. The fourth-order valence-electron chi connectivity index (χ4n) is 1.91. The van der Waals surface area contributed by atoms with Gasteiger partial charge in [-0.3, -0.25) is 4.99 Å². The molecule has 0 aliphatic carbocycles. The lowest BCUT2D eigenvalue weighted by Gasteiger charge is -2.24. The predicted molar refractivity (Wildman–Crippen MR) is 85.5 cm³/mol. The number of carbonyl (C=O) groups is 1. The molecule has 0 saturated carbocycles. The number of carbonyl (C=O) groups excluding carboxylic acids is 1. The summed E-state index contributed by atoms with van der Waals surface area (Å²) in [5.41, 5.74) is 2.73. The number of thioether (sulfide) groups is 1. The van der Waals surface area contributed by atoms with Crippen molar-refractivity contribution in [3.8, 4) is 6.07 Å². The molecule has 0 fully saturated rings. The summed E-state index contributed by atoms with van der Waals surface area (Å²) in [5.74, 6) is 0.709. The van der Waals surface area contributed by atoms with Crippen LogP contribution in [0.5, 0.6) is 0 Å². The van der Waals surface area contributed by atoms with Crippen molar-refractivity contribution in [3.63, 3.8) is 0 Å². The lowest BCUT2D eigenvalue weighted by molar-refractivity contribution is -0.105.